The van der Waals surface area contributed by atoms with Crippen molar-refractivity contribution in [1.29, 1.82) is 0 Å². The van der Waals surface area contributed by atoms with Crippen molar-refractivity contribution in [3.05, 3.63) is 30.6 Å². The van der Waals surface area contributed by atoms with Crippen molar-refractivity contribution in [2.24, 2.45) is 7.05 Å². The lowest BCUT2D eigenvalue weighted by atomic mass is 10.2. The lowest BCUT2D eigenvalue weighted by molar-refractivity contribution is 0.515. The minimum absolute atomic E-state index is 0.566. The van der Waals surface area contributed by atoms with Gasteiger partial charge in [-0.25, -0.2) is 0 Å². The van der Waals surface area contributed by atoms with Gasteiger partial charge in [-0.05, 0) is 25.8 Å². The van der Waals surface area contributed by atoms with Crippen LogP contribution < -0.4 is 5.32 Å². The molecular weight excluding hydrogens is 186 g/mol. The minimum Gasteiger partial charge on any atom is -0.314 e. The van der Waals surface area contributed by atoms with Gasteiger partial charge in [-0.15, -0.1) is 6.58 Å². The highest BCUT2D eigenvalue weighted by atomic mass is 15.3. The van der Waals surface area contributed by atoms with Crippen molar-refractivity contribution < 1.29 is 0 Å². The molecule has 3 heteroatoms. The summed E-state index contributed by atoms with van der Waals surface area (Å²) in [5.74, 6) is 0. The Morgan fingerprint density at radius 3 is 3.07 bits per heavy atom. The zero-order chi connectivity index (χ0) is 11.1. The summed E-state index contributed by atoms with van der Waals surface area (Å²) in [6.45, 7) is 6.95. The number of aromatic nitrogens is 2. The van der Waals surface area contributed by atoms with E-state index in [4.69, 9.17) is 0 Å². The quantitative estimate of drug-likeness (QED) is 0.692. The van der Waals surface area contributed by atoms with E-state index in [1.807, 2.05) is 24.0 Å². The Morgan fingerprint density at radius 1 is 1.67 bits per heavy atom. The van der Waals surface area contributed by atoms with Crippen LogP contribution in [0.25, 0.3) is 0 Å². The van der Waals surface area contributed by atoms with Crippen LogP contribution in [0.15, 0.2) is 24.9 Å². The van der Waals surface area contributed by atoms with Gasteiger partial charge >= 0.3 is 0 Å². The van der Waals surface area contributed by atoms with Crippen molar-refractivity contribution in [2.75, 3.05) is 6.54 Å². The first-order chi connectivity index (χ1) is 7.24. The topological polar surface area (TPSA) is 29.9 Å². The monoisotopic (exact) mass is 207 g/mol. The molecule has 1 rings (SSSR count). The van der Waals surface area contributed by atoms with Gasteiger partial charge in [0, 0.05) is 37.9 Å². The molecule has 1 unspecified atom stereocenters. The van der Waals surface area contributed by atoms with Crippen LogP contribution in [0.4, 0.5) is 0 Å². The molecule has 0 aliphatic carbocycles. The Bertz CT molecular complexity index is 291. The largest absolute Gasteiger partial charge is 0.314 e. The van der Waals surface area contributed by atoms with Gasteiger partial charge in [-0.3, -0.25) is 4.68 Å². The highest BCUT2D eigenvalue weighted by Crippen LogP contribution is 1.99. The zero-order valence-electron chi connectivity index (χ0n) is 9.74. The van der Waals surface area contributed by atoms with E-state index < -0.39 is 0 Å². The molecule has 0 amide bonds. The van der Waals surface area contributed by atoms with Gasteiger partial charge in [0.1, 0.15) is 0 Å². The third kappa shape index (κ3) is 4.30. The predicted molar refractivity (Wildman–Crippen MR) is 63.8 cm³/mol. The average molecular weight is 207 g/mol. The summed E-state index contributed by atoms with van der Waals surface area (Å²) < 4.78 is 1.93. The summed E-state index contributed by atoms with van der Waals surface area (Å²) in [6.07, 6.45) is 7.10. The molecule has 0 bridgehead atoms. The fourth-order valence-electron chi connectivity index (χ4n) is 1.56. The third-order valence-electron chi connectivity index (χ3n) is 2.60. The van der Waals surface area contributed by atoms with E-state index in [0.717, 1.165) is 25.8 Å². The van der Waals surface area contributed by atoms with Crippen LogP contribution in [-0.2, 0) is 13.5 Å². The molecule has 0 aromatic carbocycles. The summed E-state index contributed by atoms with van der Waals surface area (Å²) in [5, 5.41) is 7.63. The molecular formula is C12H21N3. The maximum atomic E-state index is 4.14. The van der Waals surface area contributed by atoms with Gasteiger partial charge in [-0.2, -0.15) is 5.10 Å². The average Bonchev–Trinajstić information content (AvgIpc) is 2.61. The molecule has 0 saturated carbocycles. The number of allylic oxidation sites excluding steroid dienone is 1. The van der Waals surface area contributed by atoms with Crippen LogP contribution >= 0.6 is 0 Å². The molecule has 0 aliphatic heterocycles. The van der Waals surface area contributed by atoms with E-state index in [2.05, 4.69) is 30.0 Å². The van der Waals surface area contributed by atoms with E-state index in [-0.39, 0.29) is 0 Å². The number of nitrogens with zero attached hydrogens (tertiary/aromatic N) is 2. The van der Waals surface area contributed by atoms with E-state index in [1.54, 1.807) is 0 Å². The van der Waals surface area contributed by atoms with Gasteiger partial charge in [0.05, 0.1) is 0 Å². The van der Waals surface area contributed by atoms with Crippen LogP contribution in [-0.4, -0.2) is 22.4 Å². The summed E-state index contributed by atoms with van der Waals surface area (Å²) in [5.41, 5.74) is 1.28. The summed E-state index contributed by atoms with van der Waals surface area (Å²) >= 11 is 0. The number of rotatable bonds is 7. The predicted octanol–water partition coefficient (Wildman–Crippen LogP) is 1.91. The smallest absolute Gasteiger partial charge is 0.0492 e. The standard InChI is InChI=1S/C12H21N3/c1-4-5-6-11(2)13-9-7-12-8-10-14-15(12)3/h4,8,10-11,13H,1,5-7,9H2,2-3H3. The second kappa shape index (κ2) is 6.40. The fraction of sp³-hybridized carbons (Fsp3) is 0.583. The van der Waals surface area contributed by atoms with Gasteiger partial charge in [-0.1, -0.05) is 6.08 Å². The van der Waals surface area contributed by atoms with Crippen LogP contribution in [0.1, 0.15) is 25.5 Å². The van der Waals surface area contributed by atoms with Crippen molar-refractivity contribution in [2.45, 2.75) is 32.2 Å². The van der Waals surface area contributed by atoms with Crippen molar-refractivity contribution in [1.82, 2.24) is 15.1 Å². The van der Waals surface area contributed by atoms with E-state index in [1.165, 1.54) is 5.69 Å². The number of hydrogen-bond acceptors (Lipinski definition) is 2. The normalized spacial score (nSPS) is 12.7. The minimum atomic E-state index is 0.566. The molecule has 1 atom stereocenters. The first-order valence-electron chi connectivity index (χ1n) is 5.55. The Kier molecular flexibility index (Phi) is 5.12. The highest BCUT2D eigenvalue weighted by molar-refractivity contribution is 5.00. The second-order valence-corrected chi connectivity index (χ2v) is 3.92. The van der Waals surface area contributed by atoms with E-state index in [0.29, 0.717) is 6.04 Å². The molecule has 0 radical (unpaired) electrons. The maximum absolute atomic E-state index is 4.14. The molecule has 15 heavy (non-hydrogen) atoms. The molecule has 1 aromatic rings. The first-order valence-corrected chi connectivity index (χ1v) is 5.55. The molecule has 0 saturated heterocycles. The Morgan fingerprint density at radius 2 is 2.47 bits per heavy atom. The van der Waals surface area contributed by atoms with Gasteiger partial charge in [0.25, 0.3) is 0 Å². The van der Waals surface area contributed by atoms with E-state index >= 15 is 0 Å². The van der Waals surface area contributed by atoms with Gasteiger partial charge < -0.3 is 5.32 Å². The third-order valence-corrected chi connectivity index (χ3v) is 2.60. The van der Waals surface area contributed by atoms with Crippen LogP contribution in [0.2, 0.25) is 0 Å². The lowest BCUT2D eigenvalue weighted by Crippen LogP contribution is -2.28. The Hall–Kier alpha value is -1.09. The molecule has 3 nitrogen and oxygen atoms in total. The number of nitrogens with one attached hydrogen (secondary N) is 1. The molecule has 0 fully saturated rings. The van der Waals surface area contributed by atoms with Crippen molar-refractivity contribution >= 4 is 0 Å². The molecule has 0 aliphatic rings. The lowest BCUT2D eigenvalue weighted by Gasteiger charge is -2.12. The van der Waals surface area contributed by atoms with Gasteiger partial charge in [0.15, 0.2) is 0 Å². The summed E-state index contributed by atoms with van der Waals surface area (Å²) in [7, 11) is 1.98. The number of aryl methyl sites for hydroxylation is 1. The number of hydrogen-bond donors (Lipinski definition) is 1. The molecule has 1 N–H and O–H groups in total. The summed E-state index contributed by atoms with van der Waals surface area (Å²) in [4.78, 5) is 0. The summed E-state index contributed by atoms with van der Waals surface area (Å²) in [6, 6.07) is 2.63. The molecule has 84 valence electrons. The van der Waals surface area contributed by atoms with Crippen LogP contribution in [0.5, 0.6) is 0 Å². The SMILES string of the molecule is C=CCCC(C)NCCc1ccnn1C. The Labute approximate surface area is 92.2 Å². The molecule has 1 aromatic heterocycles. The first kappa shape index (κ1) is 12.0. The molecule has 0 spiro atoms. The van der Waals surface area contributed by atoms with E-state index in [9.17, 15) is 0 Å². The van der Waals surface area contributed by atoms with Crippen molar-refractivity contribution in [3.63, 3.8) is 0 Å². The zero-order valence-corrected chi connectivity index (χ0v) is 9.74. The van der Waals surface area contributed by atoms with Crippen molar-refractivity contribution in [3.8, 4) is 0 Å². The van der Waals surface area contributed by atoms with Gasteiger partial charge in [0.2, 0.25) is 0 Å². The maximum Gasteiger partial charge on any atom is 0.0492 e. The van der Waals surface area contributed by atoms with Crippen LogP contribution in [0, 0.1) is 0 Å². The van der Waals surface area contributed by atoms with Crippen LogP contribution in [0.3, 0.4) is 0 Å². The molecule has 1 heterocycles. The Balaban J connectivity index is 2.16. The highest BCUT2D eigenvalue weighted by Gasteiger charge is 2.01. The second-order valence-electron chi connectivity index (χ2n) is 3.92. The fourth-order valence-corrected chi connectivity index (χ4v) is 1.56.